The normalized spacial score (nSPS) is 13.5. The number of aliphatic carboxylic acids is 1. The lowest BCUT2D eigenvalue weighted by Gasteiger charge is -2.12. The van der Waals surface area contributed by atoms with Crippen molar-refractivity contribution in [3.8, 4) is 0 Å². The second kappa shape index (κ2) is 13.7. The Bertz CT molecular complexity index is 624. The molecule has 0 aromatic carbocycles. The first-order valence-corrected chi connectivity index (χ1v) is 9.34. The second-order valence-corrected chi connectivity index (χ2v) is 6.51. The average molecular weight is 376 g/mol. The zero-order chi connectivity index (χ0) is 20.8. The van der Waals surface area contributed by atoms with E-state index in [0.717, 1.165) is 18.8 Å². The number of pyridine rings is 1. The third-order valence-electron chi connectivity index (χ3n) is 3.73. The van der Waals surface area contributed by atoms with Crippen LogP contribution in [0.4, 0.5) is 0 Å². The first kappa shape index (κ1) is 24.6. The molecule has 7 nitrogen and oxygen atoms in total. The number of amidine groups is 1. The SMILES string of the molecule is CC.CC(C)C[C@@H](CC(=N)N=N)C(=O)O.Cc1ccc(C2=CCNC2)nc1. The highest BCUT2D eigenvalue weighted by Crippen LogP contribution is 2.16. The molecule has 1 aliphatic heterocycles. The molecule has 0 bridgehead atoms. The van der Waals surface area contributed by atoms with Crippen LogP contribution in [0.2, 0.25) is 0 Å². The van der Waals surface area contributed by atoms with E-state index in [1.807, 2.05) is 33.9 Å². The zero-order valence-electron chi connectivity index (χ0n) is 17.0. The van der Waals surface area contributed by atoms with E-state index in [9.17, 15) is 4.79 Å². The third kappa shape index (κ3) is 10.4. The van der Waals surface area contributed by atoms with Crippen molar-refractivity contribution >= 4 is 17.4 Å². The van der Waals surface area contributed by atoms with Gasteiger partial charge in [-0.1, -0.05) is 39.8 Å². The third-order valence-corrected chi connectivity index (χ3v) is 3.73. The Morgan fingerprint density at radius 3 is 2.44 bits per heavy atom. The van der Waals surface area contributed by atoms with Gasteiger partial charge in [0, 0.05) is 25.7 Å². The quantitative estimate of drug-likeness (QED) is 0.331. The molecule has 1 aliphatic rings. The van der Waals surface area contributed by atoms with E-state index in [4.69, 9.17) is 16.0 Å². The standard InChI is InChI=1S/C10H12N2.C8H15N3O2.C2H6/c1-8-2-3-10(12-6-8)9-4-5-11-7-9;1-5(2)3-6(8(12)13)4-7(9)11-10;1-2/h2-4,6,11H,5,7H2,1H3;5-6,9-10H,3-4H2,1-2H3,(H,12,13);1-2H3/t;6-;/m.0./s1. The van der Waals surface area contributed by atoms with Gasteiger partial charge in [0.2, 0.25) is 0 Å². The monoisotopic (exact) mass is 375 g/mol. The molecule has 0 spiro atoms. The maximum absolute atomic E-state index is 10.7. The summed E-state index contributed by atoms with van der Waals surface area (Å²) in [7, 11) is 0. The van der Waals surface area contributed by atoms with E-state index in [0.29, 0.717) is 6.42 Å². The Balaban J connectivity index is 0.000000459. The predicted molar refractivity (Wildman–Crippen MR) is 109 cm³/mol. The number of rotatable bonds is 6. The zero-order valence-corrected chi connectivity index (χ0v) is 17.0. The van der Waals surface area contributed by atoms with Gasteiger partial charge >= 0.3 is 5.97 Å². The van der Waals surface area contributed by atoms with Gasteiger partial charge in [0.1, 0.15) is 5.84 Å². The fourth-order valence-corrected chi connectivity index (χ4v) is 2.45. The van der Waals surface area contributed by atoms with Crippen LogP contribution < -0.4 is 5.32 Å². The van der Waals surface area contributed by atoms with Crippen LogP contribution in [0, 0.1) is 29.7 Å². The molecule has 150 valence electrons. The smallest absolute Gasteiger partial charge is 0.306 e. The highest BCUT2D eigenvalue weighted by atomic mass is 16.4. The minimum Gasteiger partial charge on any atom is -0.481 e. The first-order chi connectivity index (χ1) is 12.8. The first-order valence-electron chi connectivity index (χ1n) is 9.34. The molecule has 0 saturated carbocycles. The second-order valence-electron chi connectivity index (χ2n) is 6.51. The summed E-state index contributed by atoms with van der Waals surface area (Å²) in [5.41, 5.74) is 10.2. The summed E-state index contributed by atoms with van der Waals surface area (Å²) in [4.78, 5) is 15.0. The van der Waals surface area contributed by atoms with Crippen molar-refractivity contribution in [1.29, 1.82) is 10.9 Å². The number of hydrogen-bond donors (Lipinski definition) is 4. The Morgan fingerprint density at radius 1 is 1.37 bits per heavy atom. The van der Waals surface area contributed by atoms with Crippen molar-refractivity contribution in [2.45, 2.75) is 47.5 Å². The number of hydrogen-bond acceptors (Lipinski definition) is 5. The summed E-state index contributed by atoms with van der Waals surface area (Å²) in [6.07, 6.45) is 4.68. The lowest BCUT2D eigenvalue weighted by Crippen LogP contribution is -2.18. The Labute approximate surface area is 162 Å². The summed E-state index contributed by atoms with van der Waals surface area (Å²) in [6.45, 7) is 11.8. The summed E-state index contributed by atoms with van der Waals surface area (Å²) in [6, 6.07) is 4.18. The largest absolute Gasteiger partial charge is 0.481 e. The molecule has 1 aromatic heterocycles. The van der Waals surface area contributed by atoms with E-state index in [2.05, 4.69) is 40.5 Å². The van der Waals surface area contributed by atoms with Crippen LogP contribution in [0.1, 0.15) is 51.8 Å². The summed E-state index contributed by atoms with van der Waals surface area (Å²) in [5.74, 6) is -1.39. The number of carbonyl (C=O) groups is 1. The van der Waals surface area contributed by atoms with Crippen molar-refractivity contribution < 1.29 is 9.90 Å². The lowest BCUT2D eigenvalue weighted by molar-refractivity contribution is -0.142. The molecule has 0 amide bonds. The predicted octanol–water partition coefficient (Wildman–Crippen LogP) is 4.53. The van der Waals surface area contributed by atoms with Gasteiger partial charge in [-0.3, -0.25) is 15.2 Å². The van der Waals surface area contributed by atoms with Gasteiger partial charge in [0.15, 0.2) is 0 Å². The van der Waals surface area contributed by atoms with Crippen LogP contribution in [0.25, 0.3) is 5.57 Å². The fraction of sp³-hybridized carbons (Fsp3) is 0.550. The van der Waals surface area contributed by atoms with E-state index >= 15 is 0 Å². The van der Waals surface area contributed by atoms with Crippen molar-refractivity contribution in [3.05, 3.63) is 35.7 Å². The van der Waals surface area contributed by atoms with Crippen LogP contribution in [-0.2, 0) is 4.79 Å². The van der Waals surface area contributed by atoms with Crippen LogP contribution in [0.5, 0.6) is 0 Å². The van der Waals surface area contributed by atoms with Crippen LogP contribution >= 0.6 is 0 Å². The number of aryl methyl sites for hydroxylation is 1. The fourth-order valence-electron chi connectivity index (χ4n) is 2.45. The van der Waals surface area contributed by atoms with Crippen molar-refractivity contribution in [2.24, 2.45) is 17.0 Å². The van der Waals surface area contributed by atoms with E-state index < -0.39 is 11.9 Å². The van der Waals surface area contributed by atoms with Gasteiger partial charge in [0.05, 0.1) is 11.6 Å². The minimum absolute atomic E-state index is 0.0526. The molecular formula is C20H33N5O2. The molecule has 0 saturated heterocycles. The number of nitrogens with one attached hydrogen (secondary N) is 3. The highest BCUT2D eigenvalue weighted by molar-refractivity contribution is 5.84. The van der Waals surface area contributed by atoms with Crippen LogP contribution in [0.3, 0.4) is 0 Å². The number of aromatic nitrogens is 1. The molecule has 2 heterocycles. The molecule has 27 heavy (non-hydrogen) atoms. The van der Waals surface area contributed by atoms with Gasteiger partial charge in [-0.05, 0) is 36.5 Å². The Hall–Kier alpha value is -2.41. The summed E-state index contributed by atoms with van der Waals surface area (Å²) >= 11 is 0. The van der Waals surface area contributed by atoms with Gasteiger partial charge in [-0.25, -0.2) is 5.53 Å². The van der Waals surface area contributed by atoms with E-state index in [-0.39, 0.29) is 18.2 Å². The average Bonchev–Trinajstić information content (AvgIpc) is 3.18. The van der Waals surface area contributed by atoms with Crippen LogP contribution in [0.15, 0.2) is 29.5 Å². The van der Waals surface area contributed by atoms with Crippen molar-refractivity contribution in [1.82, 2.24) is 10.3 Å². The van der Waals surface area contributed by atoms with Gasteiger partial charge in [0.25, 0.3) is 0 Å². The minimum atomic E-state index is -0.915. The Kier molecular flexibility index (Phi) is 12.5. The van der Waals surface area contributed by atoms with Gasteiger partial charge < -0.3 is 10.4 Å². The maximum atomic E-state index is 10.7. The number of carboxylic acids is 1. The topological polar surface area (TPSA) is 122 Å². The van der Waals surface area contributed by atoms with E-state index in [1.54, 1.807) is 0 Å². The molecule has 0 fully saturated rings. The number of nitrogens with zero attached hydrogens (tertiary/aromatic N) is 2. The molecule has 0 radical (unpaired) electrons. The van der Waals surface area contributed by atoms with E-state index in [1.165, 1.54) is 11.1 Å². The lowest BCUT2D eigenvalue weighted by atomic mass is 9.94. The van der Waals surface area contributed by atoms with Gasteiger partial charge in [-0.15, -0.1) is 5.11 Å². The van der Waals surface area contributed by atoms with Gasteiger partial charge in [-0.2, -0.15) is 0 Å². The highest BCUT2D eigenvalue weighted by Gasteiger charge is 2.20. The van der Waals surface area contributed by atoms with Crippen LogP contribution in [-0.4, -0.2) is 35.0 Å². The molecule has 0 aliphatic carbocycles. The van der Waals surface area contributed by atoms with Crippen molar-refractivity contribution in [3.63, 3.8) is 0 Å². The number of carboxylic acid groups (broad SMARTS) is 1. The summed E-state index contributed by atoms with van der Waals surface area (Å²) in [5, 5.41) is 22.0. The maximum Gasteiger partial charge on any atom is 0.306 e. The van der Waals surface area contributed by atoms with Crippen molar-refractivity contribution in [2.75, 3.05) is 13.1 Å². The molecule has 1 atom stereocenters. The molecular weight excluding hydrogens is 342 g/mol. The molecule has 0 unspecified atom stereocenters. The molecule has 2 rings (SSSR count). The Morgan fingerprint density at radius 2 is 2.04 bits per heavy atom. The molecule has 1 aromatic rings. The summed E-state index contributed by atoms with van der Waals surface area (Å²) < 4.78 is 0. The molecule has 4 N–H and O–H groups in total. The molecule has 7 heteroatoms.